The molecule has 0 atom stereocenters. The van der Waals surface area contributed by atoms with Crippen LogP contribution in [-0.2, 0) is 0 Å². The van der Waals surface area contributed by atoms with Crippen molar-refractivity contribution in [3.05, 3.63) is 23.4 Å². The first-order chi connectivity index (χ1) is 9.16. The molecular formula is C15H22N2O2. The first kappa shape index (κ1) is 13.8. The molecule has 1 saturated carbocycles. The molecule has 0 saturated heterocycles. The molecule has 0 unspecified atom stereocenters. The van der Waals surface area contributed by atoms with E-state index in [0.29, 0.717) is 5.69 Å². The molecular weight excluding hydrogens is 240 g/mol. The molecule has 0 aliphatic heterocycles. The van der Waals surface area contributed by atoms with Gasteiger partial charge in [-0.3, -0.25) is 0 Å². The molecule has 0 spiro atoms. The number of carboxylic acids is 1. The highest BCUT2D eigenvalue weighted by molar-refractivity contribution is 5.89. The maximum Gasteiger partial charge on any atom is 0.337 e. The van der Waals surface area contributed by atoms with Gasteiger partial charge < -0.3 is 10.4 Å². The van der Waals surface area contributed by atoms with Crippen LogP contribution in [0.15, 0.2) is 12.1 Å². The fraction of sp³-hybridized carbons (Fsp3) is 0.600. The zero-order chi connectivity index (χ0) is 13.7. The quantitative estimate of drug-likeness (QED) is 0.771. The van der Waals surface area contributed by atoms with Crippen molar-refractivity contribution in [3.63, 3.8) is 0 Å². The van der Waals surface area contributed by atoms with Gasteiger partial charge in [-0.2, -0.15) is 0 Å². The minimum atomic E-state index is -0.919. The molecule has 104 valence electrons. The Morgan fingerprint density at radius 2 is 2.16 bits per heavy atom. The molecule has 2 N–H and O–H groups in total. The number of carbonyl (C=O) groups is 1. The Balaban J connectivity index is 1.76. The lowest BCUT2D eigenvalue weighted by Gasteiger charge is -2.10. The fourth-order valence-corrected chi connectivity index (χ4v) is 2.79. The number of nitrogens with one attached hydrogen (secondary N) is 1. The second-order valence-corrected chi connectivity index (χ2v) is 5.35. The number of carboxylic acid groups (broad SMARTS) is 1. The third-order valence-corrected chi connectivity index (χ3v) is 3.89. The van der Waals surface area contributed by atoms with Crippen molar-refractivity contribution in [1.82, 2.24) is 4.98 Å². The van der Waals surface area contributed by atoms with Crippen LogP contribution >= 0.6 is 0 Å². The van der Waals surface area contributed by atoms with Crippen molar-refractivity contribution in [2.75, 3.05) is 11.9 Å². The average molecular weight is 262 g/mol. The predicted octanol–water partition coefficient (Wildman–Crippen LogP) is 3.47. The number of anilines is 1. The number of aromatic carboxylic acids is 1. The number of hydrogen-bond acceptors (Lipinski definition) is 3. The number of pyridine rings is 1. The van der Waals surface area contributed by atoms with E-state index in [1.165, 1.54) is 32.1 Å². The molecule has 4 heteroatoms. The molecule has 0 amide bonds. The van der Waals surface area contributed by atoms with E-state index in [1.807, 2.05) is 0 Å². The molecule has 1 aromatic rings. The van der Waals surface area contributed by atoms with Crippen molar-refractivity contribution in [1.29, 1.82) is 0 Å². The highest BCUT2D eigenvalue weighted by atomic mass is 16.4. The van der Waals surface area contributed by atoms with Crippen LogP contribution in [0.5, 0.6) is 0 Å². The van der Waals surface area contributed by atoms with Crippen LogP contribution in [0.1, 0.15) is 54.6 Å². The van der Waals surface area contributed by atoms with Gasteiger partial charge in [0.1, 0.15) is 5.82 Å². The summed E-state index contributed by atoms with van der Waals surface area (Å²) in [4.78, 5) is 15.2. The standard InChI is InChI=1S/C15H22N2O2/c1-11-13(15(18)19)8-9-14(17-11)16-10-4-7-12-5-2-3-6-12/h8-9,12H,2-7,10H2,1H3,(H,16,17)(H,18,19). The molecule has 1 aromatic heterocycles. The number of hydrogen-bond donors (Lipinski definition) is 2. The Labute approximate surface area is 114 Å². The fourth-order valence-electron chi connectivity index (χ4n) is 2.79. The molecule has 0 radical (unpaired) electrons. The van der Waals surface area contributed by atoms with Gasteiger partial charge in [0.05, 0.1) is 11.3 Å². The molecule has 1 heterocycles. The lowest BCUT2D eigenvalue weighted by atomic mass is 10.0. The molecule has 19 heavy (non-hydrogen) atoms. The van der Waals surface area contributed by atoms with Gasteiger partial charge in [-0.15, -0.1) is 0 Å². The van der Waals surface area contributed by atoms with Crippen LogP contribution in [0.25, 0.3) is 0 Å². The largest absolute Gasteiger partial charge is 0.478 e. The number of nitrogens with zero attached hydrogens (tertiary/aromatic N) is 1. The van der Waals surface area contributed by atoms with E-state index < -0.39 is 5.97 Å². The van der Waals surface area contributed by atoms with E-state index >= 15 is 0 Å². The number of rotatable bonds is 6. The maximum atomic E-state index is 10.9. The lowest BCUT2D eigenvalue weighted by Crippen LogP contribution is -2.08. The van der Waals surface area contributed by atoms with E-state index in [0.717, 1.165) is 24.7 Å². The first-order valence-electron chi connectivity index (χ1n) is 7.11. The zero-order valence-corrected chi connectivity index (χ0v) is 11.5. The van der Waals surface area contributed by atoms with Crippen molar-refractivity contribution in [2.45, 2.75) is 45.4 Å². The maximum absolute atomic E-state index is 10.9. The highest BCUT2D eigenvalue weighted by Gasteiger charge is 2.14. The van der Waals surface area contributed by atoms with E-state index in [4.69, 9.17) is 5.11 Å². The van der Waals surface area contributed by atoms with Crippen LogP contribution in [0.3, 0.4) is 0 Å². The summed E-state index contributed by atoms with van der Waals surface area (Å²) < 4.78 is 0. The van der Waals surface area contributed by atoms with Gasteiger partial charge >= 0.3 is 5.97 Å². The number of aryl methyl sites for hydroxylation is 1. The molecule has 4 nitrogen and oxygen atoms in total. The highest BCUT2D eigenvalue weighted by Crippen LogP contribution is 2.28. The Bertz CT molecular complexity index is 440. The normalized spacial score (nSPS) is 15.6. The van der Waals surface area contributed by atoms with Crippen LogP contribution < -0.4 is 5.32 Å². The Morgan fingerprint density at radius 3 is 2.79 bits per heavy atom. The summed E-state index contributed by atoms with van der Waals surface area (Å²) in [6, 6.07) is 3.36. The van der Waals surface area contributed by atoms with Crippen LogP contribution in [0, 0.1) is 12.8 Å². The van der Waals surface area contributed by atoms with Gasteiger partial charge in [0.25, 0.3) is 0 Å². The summed E-state index contributed by atoms with van der Waals surface area (Å²) >= 11 is 0. The predicted molar refractivity (Wildman–Crippen MR) is 75.6 cm³/mol. The van der Waals surface area contributed by atoms with Gasteiger partial charge in [-0.25, -0.2) is 9.78 Å². The molecule has 1 fully saturated rings. The minimum absolute atomic E-state index is 0.275. The molecule has 0 bridgehead atoms. The van der Waals surface area contributed by atoms with E-state index in [1.54, 1.807) is 19.1 Å². The van der Waals surface area contributed by atoms with Gasteiger partial charge in [0.15, 0.2) is 0 Å². The third kappa shape index (κ3) is 3.94. The second-order valence-electron chi connectivity index (χ2n) is 5.35. The van der Waals surface area contributed by atoms with Crippen LogP contribution in [0.4, 0.5) is 5.82 Å². The first-order valence-corrected chi connectivity index (χ1v) is 7.11. The van der Waals surface area contributed by atoms with Crippen molar-refractivity contribution >= 4 is 11.8 Å². The van der Waals surface area contributed by atoms with Crippen molar-refractivity contribution < 1.29 is 9.90 Å². The molecule has 0 aromatic carbocycles. The van der Waals surface area contributed by atoms with Gasteiger partial charge in [0, 0.05) is 6.54 Å². The summed E-state index contributed by atoms with van der Waals surface area (Å²) in [5.41, 5.74) is 0.838. The topological polar surface area (TPSA) is 62.2 Å². The second kappa shape index (κ2) is 6.55. The average Bonchev–Trinajstić information content (AvgIpc) is 2.87. The third-order valence-electron chi connectivity index (χ3n) is 3.89. The van der Waals surface area contributed by atoms with Gasteiger partial charge in [-0.05, 0) is 37.8 Å². The summed E-state index contributed by atoms with van der Waals surface area (Å²) in [7, 11) is 0. The summed E-state index contributed by atoms with van der Waals surface area (Å²) in [5.74, 6) is 0.776. The molecule has 2 rings (SSSR count). The lowest BCUT2D eigenvalue weighted by molar-refractivity contribution is 0.0695. The van der Waals surface area contributed by atoms with E-state index in [-0.39, 0.29) is 5.56 Å². The minimum Gasteiger partial charge on any atom is -0.478 e. The Morgan fingerprint density at radius 1 is 1.42 bits per heavy atom. The van der Waals surface area contributed by atoms with Gasteiger partial charge in [-0.1, -0.05) is 25.7 Å². The summed E-state index contributed by atoms with van der Waals surface area (Å²) in [6.07, 6.45) is 8.03. The van der Waals surface area contributed by atoms with Crippen LogP contribution in [0.2, 0.25) is 0 Å². The molecule has 1 aliphatic carbocycles. The zero-order valence-electron chi connectivity index (χ0n) is 11.5. The smallest absolute Gasteiger partial charge is 0.337 e. The summed E-state index contributed by atoms with van der Waals surface area (Å²) in [5, 5.41) is 12.2. The van der Waals surface area contributed by atoms with Crippen molar-refractivity contribution in [2.24, 2.45) is 5.92 Å². The van der Waals surface area contributed by atoms with Crippen LogP contribution in [-0.4, -0.2) is 22.6 Å². The van der Waals surface area contributed by atoms with E-state index in [9.17, 15) is 4.79 Å². The number of aromatic nitrogens is 1. The SMILES string of the molecule is Cc1nc(NCCCC2CCCC2)ccc1C(=O)O. The van der Waals surface area contributed by atoms with Crippen molar-refractivity contribution in [3.8, 4) is 0 Å². The summed E-state index contributed by atoms with van der Waals surface area (Å²) in [6.45, 7) is 2.64. The van der Waals surface area contributed by atoms with E-state index in [2.05, 4.69) is 10.3 Å². The monoisotopic (exact) mass is 262 g/mol. The van der Waals surface area contributed by atoms with Gasteiger partial charge in [0.2, 0.25) is 0 Å². The Hall–Kier alpha value is -1.58. The Kier molecular flexibility index (Phi) is 4.77. The molecule has 1 aliphatic rings.